The molecule has 7 nitrogen and oxygen atoms in total. The number of aromatic carboxylic acids is 1. The summed E-state index contributed by atoms with van der Waals surface area (Å²) < 4.78 is 5.20. The number of pyridine rings is 1. The molecule has 2 N–H and O–H groups in total. The first-order chi connectivity index (χ1) is 10.1. The van der Waals surface area contributed by atoms with Gasteiger partial charge in [-0.05, 0) is 19.1 Å². The highest BCUT2D eigenvalue weighted by Gasteiger charge is 2.16. The maximum absolute atomic E-state index is 11.9. The molecule has 0 aromatic carbocycles. The number of nitrogens with one attached hydrogen (secondary N) is 1. The topological polar surface area (TPSA) is 91.8 Å². The van der Waals surface area contributed by atoms with Crippen LogP contribution in [-0.4, -0.2) is 59.7 Å². The van der Waals surface area contributed by atoms with Gasteiger partial charge in [0, 0.05) is 26.1 Å². The van der Waals surface area contributed by atoms with Gasteiger partial charge in [-0.2, -0.15) is 0 Å². The lowest BCUT2D eigenvalue weighted by Gasteiger charge is -2.26. The van der Waals surface area contributed by atoms with Gasteiger partial charge in [-0.15, -0.1) is 0 Å². The number of rotatable bonds is 5. The third-order valence-electron chi connectivity index (χ3n) is 3.32. The van der Waals surface area contributed by atoms with Gasteiger partial charge < -0.3 is 20.1 Å². The number of carbonyl (C=O) groups is 2. The number of ether oxygens (including phenoxy) is 1. The van der Waals surface area contributed by atoms with Crippen LogP contribution in [0.25, 0.3) is 0 Å². The number of carboxylic acids is 1. The number of hydrogen-bond donors (Lipinski definition) is 2. The highest BCUT2D eigenvalue weighted by molar-refractivity contribution is 5.89. The molecule has 0 bridgehead atoms. The summed E-state index contributed by atoms with van der Waals surface area (Å²) in [4.78, 5) is 28.8. The van der Waals surface area contributed by atoms with E-state index in [-0.39, 0.29) is 11.5 Å². The van der Waals surface area contributed by atoms with Gasteiger partial charge in [-0.25, -0.2) is 9.78 Å². The Bertz CT molecular complexity index is 527. The van der Waals surface area contributed by atoms with E-state index in [4.69, 9.17) is 9.84 Å². The fourth-order valence-electron chi connectivity index (χ4n) is 2.15. The first kappa shape index (κ1) is 15.2. The van der Waals surface area contributed by atoms with Gasteiger partial charge in [0.2, 0.25) is 5.91 Å². The summed E-state index contributed by atoms with van der Waals surface area (Å²) in [6.45, 7) is 4.59. The Hall–Kier alpha value is -2.15. The van der Waals surface area contributed by atoms with E-state index in [0.29, 0.717) is 50.8 Å². The molecule has 1 aliphatic rings. The highest BCUT2D eigenvalue weighted by atomic mass is 16.5. The second kappa shape index (κ2) is 7.03. The monoisotopic (exact) mass is 293 g/mol. The van der Waals surface area contributed by atoms with Gasteiger partial charge in [0.25, 0.3) is 0 Å². The SMILES string of the molecule is Cc1nc(NCCC(=O)N2CCOCC2)ccc1C(=O)O. The van der Waals surface area contributed by atoms with Crippen LogP contribution in [0, 0.1) is 6.92 Å². The van der Waals surface area contributed by atoms with Crippen molar-refractivity contribution in [3.8, 4) is 0 Å². The standard InChI is InChI=1S/C14H19N3O4/c1-10-11(14(19)20)2-3-12(16-10)15-5-4-13(18)17-6-8-21-9-7-17/h2-3H,4-9H2,1H3,(H,15,16)(H,19,20). The van der Waals surface area contributed by atoms with Crippen molar-refractivity contribution in [2.24, 2.45) is 0 Å². The number of aryl methyl sites for hydroxylation is 1. The first-order valence-electron chi connectivity index (χ1n) is 6.88. The Kier molecular flexibility index (Phi) is 5.10. The second-order valence-corrected chi connectivity index (χ2v) is 4.80. The molecule has 0 radical (unpaired) electrons. The van der Waals surface area contributed by atoms with Crippen LogP contribution < -0.4 is 5.32 Å². The maximum atomic E-state index is 11.9. The molecule has 114 valence electrons. The van der Waals surface area contributed by atoms with Crippen molar-refractivity contribution < 1.29 is 19.4 Å². The molecule has 7 heteroatoms. The van der Waals surface area contributed by atoms with E-state index in [1.807, 2.05) is 0 Å². The minimum absolute atomic E-state index is 0.0877. The van der Waals surface area contributed by atoms with E-state index in [1.54, 1.807) is 17.9 Å². The summed E-state index contributed by atoms with van der Waals surface area (Å²) in [7, 11) is 0. The zero-order chi connectivity index (χ0) is 15.2. The zero-order valence-corrected chi connectivity index (χ0v) is 12.0. The summed E-state index contributed by atoms with van der Waals surface area (Å²) in [5.41, 5.74) is 0.636. The molecule has 0 unspecified atom stereocenters. The fourth-order valence-corrected chi connectivity index (χ4v) is 2.15. The lowest BCUT2D eigenvalue weighted by atomic mass is 10.2. The van der Waals surface area contributed by atoms with E-state index >= 15 is 0 Å². The minimum atomic E-state index is -0.992. The van der Waals surface area contributed by atoms with Crippen molar-refractivity contribution >= 4 is 17.7 Å². The fraction of sp³-hybridized carbons (Fsp3) is 0.500. The van der Waals surface area contributed by atoms with Gasteiger partial charge in [0.05, 0.1) is 24.5 Å². The van der Waals surface area contributed by atoms with Gasteiger partial charge in [0.15, 0.2) is 0 Å². The van der Waals surface area contributed by atoms with Crippen molar-refractivity contribution in [3.63, 3.8) is 0 Å². The van der Waals surface area contributed by atoms with E-state index in [1.165, 1.54) is 6.07 Å². The summed E-state index contributed by atoms with van der Waals surface area (Å²) in [6.07, 6.45) is 0.376. The average molecular weight is 293 g/mol. The molecular weight excluding hydrogens is 274 g/mol. The zero-order valence-electron chi connectivity index (χ0n) is 12.0. The molecule has 21 heavy (non-hydrogen) atoms. The number of nitrogens with zero attached hydrogens (tertiary/aromatic N) is 2. The third kappa shape index (κ3) is 4.16. The van der Waals surface area contributed by atoms with Crippen molar-refractivity contribution in [1.82, 2.24) is 9.88 Å². The molecule has 1 fully saturated rings. The number of morpholine rings is 1. The van der Waals surface area contributed by atoms with Crippen LogP contribution in [0.15, 0.2) is 12.1 Å². The molecule has 1 aromatic heterocycles. The maximum Gasteiger partial charge on any atom is 0.337 e. The Morgan fingerprint density at radius 1 is 1.38 bits per heavy atom. The number of amides is 1. The molecule has 0 atom stereocenters. The molecular formula is C14H19N3O4. The number of aromatic nitrogens is 1. The van der Waals surface area contributed by atoms with Crippen LogP contribution in [0.4, 0.5) is 5.82 Å². The van der Waals surface area contributed by atoms with E-state index in [9.17, 15) is 9.59 Å². The van der Waals surface area contributed by atoms with Gasteiger partial charge in [0.1, 0.15) is 5.82 Å². The quantitative estimate of drug-likeness (QED) is 0.832. The summed E-state index contributed by atoms with van der Waals surface area (Å²) in [6, 6.07) is 3.12. The minimum Gasteiger partial charge on any atom is -0.478 e. The van der Waals surface area contributed by atoms with Crippen molar-refractivity contribution in [2.75, 3.05) is 38.2 Å². The van der Waals surface area contributed by atoms with Gasteiger partial charge in [-0.3, -0.25) is 4.79 Å². The van der Waals surface area contributed by atoms with Crippen molar-refractivity contribution in [2.45, 2.75) is 13.3 Å². The lowest BCUT2D eigenvalue weighted by Crippen LogP contribution is -2.41. The van der Waals surface area contributed by atoms with Gasteiger partial charge >= 0.3 is 5.97 Å². The predicted octanol–water partition coefficient (Wildman–Crippen LogP) is 0.749. The van der Waals surface area contributed by atoms with Gasteiger partial charge in [-0.1, -0.05) is 0 Å². The average Bonchev–Trinajstić information content (AvgIpc) is 2.47. The summed E-state index contributed by atoms with van der Waals surface area (Å²) >= 11 is 0. The number of carbonyl (C=O) groups excluding carboxylic acids is 1. The Morgan fingerprint density at radius 2 is 2.10 bits per heavy atom. The van der Waals surface area contributed by atoms with Crippen LogP contribution >= 0.6 is 0 Å². The van der Waals surface area contributed by atoms with Crippen LogP contribution in [0.3, 0.4) is 0 Å². The largest absolute Gasteiger partial charge is 0.478 e. The normalized spacial score (nSPS) is 14.8. The molecule has 2 heterocycles. The van der Waals surface area contributed by atoms with Crippen LogP contribution in [0.2, 0.25) is 0 Å². The van der Waals surface area contributed by atoms with Crippen LogP contribution in [0.1, 0.15) is 22.5 Å². The van der Waals surface area contributed by atoms with Crippen molar-refractivity contribution in [1.29, 1.82) is 0 Å². The predicted molar refractivity (Wildman–Crippen MR) is 76.4 cm³/mol. The molecule has 1 saturated heterocycles. The molecule has 2 rings (SSSR count). The van der Waals surface area contributed by atoms with Crippen LogP contribution in [0.5, 0.6) is 0 Å². The Morgan fingerprint density at radius 3 is 2.71 bits per heavy atom. The van der Waals surface area contributed by atoms with E-state index < -0.39 is 5.97 Å². The number of anilines is 1. The Balaban J connectivity index is 1.81. The second-order valence-electron chi connectivity index (χ2n) is 4.80. The molecule has 1 aliphatic heterocycles. The summed E-state index contributed by atoms with van der Waals surface area (Å²) in [5.74, 6) is -0.328. The van der Waals surface area contributed by atoms with E-state index in [2.05, 4.69) is 10.3 Å². The number of carboxylic acid groups (broad SMARTS) is 1. The molecule has 0 saturated carbocycles. The molecule has 1 amide bonds. The smallest absolute Gasteiger partial charge is 0.337 e. The third-order valence-corrected chi connectivity index (χ3v) is 3.32. The van der Waals surface area contributed by atoms with Crippen LogP contribution in [-0.2, 0) is 9.53 Å². The molecule has 0 aliphatic carbocycles. The highest BCUT2D eigenvalue weighted by Crippen LogP contribution is 2.10. The lowest BCUT2D eigenvalue weighted by molar-refractivity contribution is -0.134. The summed E-state index contributed by atoms with van der Waals surface area (Å²) in [5, 5.41) is 12.0. The number of hydrogen-bond acceptors (Lipinski definition) is 5. The van der Waals surface area contributed by atoms with Crippen molar-refractivity contribution in [3.05, 3.63) is 23.4 Å². The Labute approximate surface area is 122 Å². The first-order valence-corrected chi connectivity index (χ1v) is 6.88. The molecule has 1 aromatic rings. The molecule has 0 spiro atoms. The van der Waals surface area contributed by atoms with E-state index in [0.717, 1.165) is 0 Å².